The Kier molecular flexibility index (Phi) is 5.87. The molecule has 0 radical (unpaired) electrons. The highest BCUT2D eigenvalue weighted by atomic mass is 16.1. The van der Waals surface area contributed by atoms with Crippen molar-refractivity contribution in [3.63, 3.8) is 0 Å². The molecule has 1 atom stereocenters. The number of allylic oxidation sites excluding steroid dienone is 1. The number of carbonyl (C=O) groups is 1. The number of hydrogen-bond donors (Lipinski definition) is 1. The number of benzene rings is 2. The van der Waals surface area contributed by atoms with E-state index in [2.05, 4.69) is 42.3 Å². The van der Waals surface area contributed by atoms with Gasteiger partial charge in [-0.05, 0) is 56.0 Å². The lowest BCUT2D eigenvalue weighted by Gasteiger charge is -2.33. The number of fused-ring (bicyclic) bond motifs is 1. The first-order chi connectivity index (χ1) is 12.2. The highest BCUT2D eigenvalue weighted by Gasteiger charge is 2.20. The van der Waals surface area contributed by atoms with E-state index in [1.807, 2.05) is 30.3 Å². The van der Waals surface area contributed by atoms with Crippen LogP contribution in [0.4, 0.5) is 0 Å². The average Bonchev–Trinajstić information content (AvgIpc) is 2.66. The molecule has 0 bridgehead atoms. The van der Waals surface area contributed by atoms with Crippen LogP contribution in [0.25, 0.3) is 10.8 Å². The van der Waals surface area contributed by atoms with Crippen LogP contribution >= 0.6 is 0 Å². The van der Waals surface area contributed by atoms with Gasteiger partial charge in [-0.2, -0.15) is 0 Å². The third-order valence-corrected chi connectivity index (χ3v) is 5.15. The first-order valence-corrected chi connectivity index (χ1v) is 9.27. The van der Waals surface area contributed by atoms with Crippen LogP contribution in [-0.4, -0.2) is 37.0 Å². The Hall–Kier alpha value is -2.13. The standard InChI is InChI=1S/C22H28N2O/c1-3-17(2)15-24-13-7-8-18(16-24)14-23-22(25)21-12-6-10-19-9-4-5-11-20(19)21/h3-6,9-12,18H,7-8,13-16H2,1-2H3,(H,23,25)/b17-3+. The molecule has 3 heteroatoms. The van der Waals surface area contributed by atoms with Gasteiger partial charge in [0.15, 0.2) is 0 Å². The number of nitrogens with one attached hydrogen (secondary N) is 1. The van der Waals surface area contributed by atoms with Crippen LogP contribution in [0, 0.1) is 5.92 Å². The molecule has 132 valence electrons. The fourth-order valence-corrected chi connectivity index (χ4v) is 3.66. The van der Waals surface area contributed by atoms with Crippen LogP contribution in [0.2, 0.25) is 0 Å². The number of hydrogen-bond acceptors (Lipinski definition) is 2. The molecule has 1 unspecified atom stereocenters. The van der Waals surface area contributed by atoms with Gasteiger partial charge in [-0.3, -0.25) is 9.69 Å². The van der Waals surface area contributed by atoms with Crippen LogP contribution < -0.4 is 5.32 Å². The summed E-state index contributed by atoms with van der Waals surface area (Å²) in [5, 5.41) is 5.30. The normalized spacial score (nSPS) is 19.1. The first-order valence-electron chi connectivity index (χ1n) is 9.27. The molecular weight excluding hydrogens is 308 g/mol. The lowest BCUT2D eigenvalue weighted by molar-refractivity contribution is 0.0936. The summed E-state index contributed by atoms with van der Waals surface area (Å²) in [6.07, 6.45) is 4.60. The van der Waals surface area contributed by atoms with Crippen molar-refractivity contribution in [2.45, 2.75) is 26.7 Å². The van der Waals surface area contributed by atoms with Gasteiger partial charge in [0.05, 0.1) is 0 Å². The van der Waals surface area contributed by atoms with Crippen molar-refractivity contribution in [3.05, 3.63) is 59.7 Å². The topological polar surface area (TPSA) is 32.3 Å². The van der Waals surface area contributed by atoms with Gasteiger partial charge < -0.3 is 5.32 Å². The fourth-order valence-electron chi connectivity index (χ4n) is 3.66. The van der Waals surface area contributed by atoms with Crippen LogP contribution in [0.3, 0.4) is 0 Å². The number of likely N-dealkylation sites (tertiary alicyclic amines) is 1. The smallest absolute Gasteiger partial charge is 0.251 e. The zero-order chi connectivity index (χ0) is 17.6. The van der Waals surface area contributed by atoms with E-state index in [1.165, 1.54) is 25.0 Å². The number of amides is 1. The van der Waals surface area contributed by atoms with Crippen LogP contribution in [-0.2, 0) is 0 Å². The second-order valence-corrected chi connectivity index (χ2v) is 7.12. The van der Waals surface area contributed by atoms with E-state index in [9.17, 15) is 4.79 Å². The number of rotatable bonds is 5. The van der Waals surface area contributed by atoms with Crippen LogP contribution in [0.15, 0.2) is 54.1 Å². The van der Waals surface area contributed by atoms with Gasteiger partial charge >= 0.3 is 0 Å². The molecule has 1 heterocycles. The maximum atomic E-state index is 12.7. The molecule has 1 aliphatic heterocycles. The Labute approximate surface area is 150 Å². The van der Waals surface area contributed by atoms with E-state index in [0.717, 1.165) is 36.0 Å². The van der Waals surface area contributed by atoms with Crippen molar-refractivity contribution in [3.8, 4) is 0 Å². The Morgan fingerprint density at radius 3 is 2.88 bits per heavy atom. The monoisotopic (exact) mass is 336 g/mol. The number of nitrogens with zero attached hydrogens (tertiary/aromatic N) is 1. The minimum absolute atomic E-state index is 0.0403. The van der Waals surface area contributed by atoms with E-state index in [1.54, 1.807) is 0 Å². The van der Waals surface area contributed by atoms with Crippen molar-refractivity contribution >= 4 is 16.7 Å². The quantitative estimate of drug-likeness (QED) is 0.828. The van der Waals surface area contributed by atoms with Gasteiger partial charge in [0, 0.05) is 25.2 Å². The third kappa shape index (κ3) is 4.49. The number of carbonyl (C=O) groups excluding carboxylic acids is 1. The summed E-state index contributed by atoms with van der Waals surface area (Å²) in [5.41, 5.74) is 2.19. The van der Waals surface area contributed by atoms with Gasteiger partial charge in [-0.15, -0.1) is 0 Å². The second kappa shape index (κ2) is 8.30. The summed E-state index contributed by atoms with van der Waals surface area (Å²) < 4.78 is 0. The molecular formula is C22H28N2O. The minimum Gasteiger partial charge on any atom is -0.352 e. The van der Waals surface area contributed by atoms with Crippen LogP contribution in [0.1, 0.15) is 37.0 Å². The maximum absolute atomic E-state index is 12.7. The average molecular weight is 336 g/mol. The fraction of sp³-hybridized carbons (Fsp3) is 0.409. The summed E-state index contributed by atoms with van der Waals surface area (Å²) in [6, 6.07) is 14.0. The van der Waals surface area contributed by atoms with Crippen molar-refractivity contribution in [2.75, 3.05) is 26.2 Å². The highest BCUT2D eigenvalue weighted by Crippen LogP contribution is 2.20. The lowest BCUT2D eigenvalue weighted by atomic mass is 9.97. The predicted octanol–water partition coefficient (Wildman–Crippen LogP) is 4.25. The van der Waals surface area contributed by atoms with E-state index < -0.39 is 0 Å². The zero-order valence-corrected chi connectivity index (χ0v) is 15.3. The van der Waals surface area contributed by atoms with Crippen molar-refractivity contribution < 1.29 is 4.79 Å². The largest absolute Gasteiger partial charge is 0.352 e. The summed E-state index contributed by atoms with van der Waals surface area (Å²) in [6.45, 7) is 8.32. The molecule has 1 saturated heterocycles. The molecule has 0 aromatic heterocycles. The summed E-state index contributed by atoms with van der Waals surface area (Å²) in [7, 11) is 0. The minimum atomic E-state index is 0.0403. The van der Waals surface area contributed by atoms with Crippen molar-refractivity contribution in [2.24, 2.45) is 5.92 Å². The Morgan fingerprint density at radius 1 is 1.24 bits per heavy atom. The van der Waals surface area contributed by atoms with Gasteiger partial charge in [0.2, 0.25) is 0 Å². The van der Waals surface area contributed by atoms with Gasteiger partial charge in [-0.1, -0.05) is 48.0 Å². The van der Waals surface area contributed by atoms with Gasteiger partial charge in [0.25, 0.3) is 5.91 Å². The lowest BCUT2D eigenvalue weighted by Crippen LogP contribution is -2.41. The molecule has 1 N–H and O–H groups in total. The molecule has 0 spiro atoms. The Morgan fingerprint density at radius 2 is 2.04 bits per heavy atom. The Balaban J connectivity index is 1.60. The van der Waals surface area contributed by atoms with E-state index in [-0.39, 0.29) is 5.91 Å². The molecule has 25 heavy (non-hydrogen) atoms. The van der Waals surface area contributed by atoms with E-state index >= 15 is 0 Å². The second-order valence-electron chi connectivity index (χ2n) is 7.12. The molecule has 0 saturated carbocycles. The number of piperidine rings is 1. The summed E-state index contributed by atoms with van der Waals surface area (Å²) >= 11 is 0. The third-order valence-electron chi connectivity index (χ3n) is 5.15. The maximum Gasteiger partial charge on any atom is 0.251 e. The molecule has 2 aromatic rings. The molecule has 1 amide bonds. The summed E-state index contributed by atoms with van der Waals surface area (Å²) in [5.74, 6) is 0.580. The SMILES string of the molecule is C/C=C(\C)CN1CCCC(CNC(=O)c2cccc3ccccc23)C1. The van der Waals surface area contributed by atoms with E-state index in [0.29, 0.717) is 5.92 Å². The zero-order valence-electron chi connectivity index (χ0n) is 15.3. The van der Waals surface area contributed by atoms with Gasteiger partial charge in [0.1, 0.15) is 0 Å². The van der Waals surface area contributed by atoms with E-state index in [4.69, 9.17) is 0 Å². The summed E-state index contributed by atoms with van der Waals surface area (Å²) in [4.78, 5) is 15.2. The Bertz CT molecular complexity index is 760. The molecule has 3 rings (SSSR count). The molecule has 1 aliphatic rings. The molecule has 1 fully saturated rings. The first kappa shape index (κ1) is 17.7. The van der Waals surface area contributed by atoms with Crippen molar-refractivity contribution in [1.29, 1.82) is 0 Å². The highest BCUT2D eigenvalue weighted by molar-refractivity contribution is 6.06. The molecule has 2 aromatic carbocycles. The predicted molar refractivity (Wildman–Crippen MR) is 105 cm³/mol. The van der Waals surface area contributed by atoms with Gasteiger partial charge in [-0.25, -0.2) is 0 Å². The van der Waals surface area contributed by atoms with Crippen molar-refractivity contribution in [1.82, 2.24) is 10.2 Å². The molecule has 0 aliphatic carbocycles. The van der Waals surface area contributed by atoms with Crippen LogP contribution in [0.5, 0.6) is 0 Å². The molecule has 3 nitrogen and oxygen atoms in total.